The van der Waals surface area contributed by atoms with Crippen LogP contribution in [0, 0.1) is 0 Å². The first kappa shape index (κ1) is 10.6. The molecule has 0 aliphatic heterocycles. The zero-order valence-corrected chi connectivity index (χ0v) is 9.86. The van der Waals surface area contributed by atoms with Gasteiger partial charge in [-0.3, -0.25) is 0 Å². The lowest BCUT2D eigenvalue weighted by molar-refractivity contribution is 1.23. The quantitative estimate of drug-likeness (QED) is 0.575. The van der Waals surface area contributed by atoms with E-state index in [9.17, 15) is 0 Å². The molecule has 0 aromatic heterocycles. The van der Waals surface area contributed by atoms with Gasteiger partial charge in [-0.2, -0.15) is 0 Å². The lowest BCUT2D eigenvalue weighted by Crippen LogP contribution is -1.85. The molecule has 0 amide bonds. The number of thiocarbonyl (C=S) groups is 1. The molecule has 2 heteroatoms. The van der Waals surface area contributed by atoms with Crippen molar-refractivity contribution in [2.75, 3.05) is 0 Å². The maximum Gasteiger partial charge on any atom is 0.0253 e. The number of hydrogen-bond acceptors (Lipinski definition) is 1. The van der Waals surface area contributed by atoms with Crippen LogP contribution in [0.25, 0.3) is 5.57 Å². The molecule has 1 rings (SSSR count). The van der Waals surface area contributed by atoms with Crippen molar-refractivity contribution in [3.63, 3.8) is 0 Å². The first-order valence-corrected chi connectivity index (χ1v) is 5.46. The van der Waals surface area contributed by atoms with E-state index in [-0.39, 0.29) is 0 Å². The van der Waals surface area contributed by atoms with Gasteiger partial charge in [-0.25, -0.2) is 0 Å². The highest BCUT2D eigenvalue weighted by atomic mass is 79.9. The lowest BCUT2D eigenvalue weighted by atomic mass is 10.1. The molecule has 0 unspecified atom stereocenters. The monoisotopic (exact) mass is 254 g/mol. The Balaban J connectivity index is 3.12. The second-order valence-corrected chi connectivity index (χ2v) is 3.76. The molecule has 13 heavy (non-hydrogen) atoms. The number of hydrogen-bond donors (Lipinski definition) is 0. The SMILES string of the molecule is CC/C=C(/C=S)c1ccccc1Br. The average Bonchev–Trinajstić information content (AvgIpc) is 2.16. The van der Waals surface area contributed by atoms with Crippen LogP contribution in [-0.2, 0) is 0 Å². The number of rotatable bonds is 3. The molecule has 0 N–H and O–H groups in total. The van der Waals surface area contributed by atoms with E-state index in [2.05, 4.69) is 35.0 Å². The highest BCUT2D eigenvalue weighted by Crippen LogP contribution is 2.23. The summed E-state index contributed by atoms with van der Waals surface area (Å²) in [5.41, 5.74) is 2.28. The third-order valence-corrected chi connectivity index (χ3v) is 2.68. The van der Waals surface area contributed by atoms with Crippen molar-refractivity contribution >= 4 is 39.1 Å². The molecule has 0 saturated heterocycles. The van der Waals surface area contributed by atoms with E-state index in [0.29, 0.717) is 0 Å². The van der Waals surface area contributed by atoms with Crippen LogP contribution in [0.2, 0.25) is 0 Å². The number of halogens is 1. The summed E-state index contributed by atoms with van der Waals surface area (Å²) in [6.45, 7) is 2.11. The Kier molecular flexibility index (Phi) is 4.33. The topological polar surface area (TPSA) is 0 Å². The molecule has 1 aromatic rings. The van der Waals surface area contributed by atoms with E-state index >= 15 is 0 Å². The van der Waals surface area contributed by atoms with Gasteiger partial charge in [0.1, 0.15) is 0 Å². The van der Waals surface area contributed by atoms with Crippen molar-refractivity contribution in [1.82, 2.24) is 0 Å². The molecule has 0 spiro atoms. The minimum atomic E-state index is 1.00. The van der Waals surface area contributed by atoms with Gasteiger partial charge in [-0.15, -0.1) is 0 Å². The van der Waals surface area contributed by atoms with E-state index in [1.165, 1.54) is 5.56 Å². The second kappa shape index (κ2) is 5.30. The number of allylic oxidation sites excluding steroid dienone is 2. The molecule has 1 aromatic carbocycles. The smallest absolute Gasteiger partial charge is 0.0253 e. The van der Waals surface area contributed by atoms with E-state index in [0.717, 1.165) is 16.5 Å². The zero-order valence-electron chi connectivity index (χ0n) is 7.46. The first-order chi connectivity index (χ1) is 6.29. The van der Waals surface area contributed by atoms with Gasteiger partial charge in [0.15, 0.2) is 0 Å². The van der Waals surface area contributed by atoms with Gasteiger partial charge in [0.2, 0.25) is 0 Å². The normalized spacial score (nSPS) is 11.4. The summed E-state index contributed by atoms with van der Waals surface area (Å²) < 4.78 is 1.09. The molecular weight excluding hydrogens is 244 g/mol. The van der Waals surface area contributed by atoms with E-state index in [1.54, 1.807) is 5.37 Å². The summed E-state index contributed by atoms with van der Waals surface area (Å²) in [7, 11) is 0. The van der Waals surface area contributed by atoms with Crippen LogP contribution in [0.15, 0.2) is 34.8 Å². The molecule has 0 fully saturated rings. The van der Waals surface area contributed by atoms with E-state index < -0.39 is 0 Å². The first-order valence-electron chi connectivity index (χ1n) is 4.19. The highest BCUT2D eigenvalue weighted by Gasteiger charge is 2.00. The van der Waals surface area contributed by atoms with E-state index in [1.807, 2.05) is 18.2 Å². The third-order valence-electron chi connectivity index (χ3n) is 1.74. The van der Waals surface area contributed by atoms with Crippen LogP contribution in [0.4, 0.5) is 0 Å². The van der Waals surface area contributed by atoms with Gasteiger partial charge >= 0.3 is 0 Å². The van der Waals surface area contributed by atoms with Crippen molar-refractivity contribution in [2.24, 2.45) is 0 Å². The molecule has 0 saturated carbocycles. The molecule has 0 bridgehead atoms. The Morgan fingerprint density at radius 1 is 1.46 bits per heavy atom. The minimum Gasteiger partial charge on any atom is -0.0881 e. The van der Waals surface area contributed by atoms with Gasteiger partial charge in [0.25, 0.3) is 0 Å². The molecule has 0 aliphatic carbocycles. The largest absolute Gasteiger partial charge is 0.0881 e. The van der Waals surface area contributed by atoms with Crippen molar-refractivity contribution in [1.29, 1.82) is 0 Å². The summed E-state index contributed by atoms with van der Waals surface area (Å²) in [5.74, 6) is 0. The predicted octanol–water partition coefficient (Wildman–Crippen LogP) is 4.24. The fourth-order valence-corrected chi connectivity index (χ4v) is 1.87. The molecule has 0 aliphatic rings. The maximum atomic E-state index is 4.97. The Hall–Kier alpha value is -0.470. The summed E-state index contributed by atoms with van der Waals surface area (Å²) >= 11 is 8.47. The van der Waals surface area contributed by atoms with Gasteiger partial charge in [0.05, 0.1) is 0 Å². The van der Waals surface area contributed by atoms with Gasteiger partial charge in [-0.05, 0) is 23.6 Å². The fourth-order valence-electron chi connectivity index (χ4n) is 1.14. The van der Waals surface area contributed by atoms with Crippen LogP contribution < -0.4 is 0 Å². The van der Waals surface area contributed by atoms with Gasteiger partial charge < -0.3 is 0 Å². The molecule has 0 nitrogen and oxygen atoms in total. The zero-order chi connectivity index (χ0) is 9.68. The van der Waals surface area contributed by atoms with Crippen molar-refractivity contribution in [3.05, 3.63) is 40.4 Å². The Morgan fingerprint density at radius 3 is 2.69 bits per heavy atom. The Bertz CT molecular complexity index is 329. The summed E-state index contributed by atoms with van der Waals surface area (Å²) in [6, 6.07) is 8.11. The average molecular weight is 255 g/mol. The molecule has 0 heterocycles. The Labute approximate surface area is 92.8 Å². The van der Waals surface area contributed by atoms with Crippen LogP contribution in [0.3, 0.4) is 0 Å². The number of benzene rings is 1. The van der Waals surface area contributed by atoms with Crippen LogP contribution in [-0.4, -0.2) is 5.37 Å². The molecule has 0 radical (unpaired) electrons. The molecular formula is C11H11BrS. The lowest BCUT2D eigenvalue weighted by Gasteiger charge is -2.03. The van der Waals surface area contributed by atoms with Crippen molar-refractivity contribution in [3.8, 4) is 0 Å². The third kappa shape index (κ3) is 2.75. The second-order valence-electron chi connectivity index (χ2n) is 2.67. The van der Waals surface area contributed by atoms with Crippen LogP contribution in [0.5, 0.6) is 0 Å². The summed E-state index contributed by atoms with van der Waals surface area (Å²) in [5, 5.41) is 1.73. The fraction of sp³-hybridized carbons (Fsp3) is 0.182. The van der Waals surface area contributed by atoms with Crippen LogP contribution >= 0.6 is 28.1 Å². The summed E-state index contributed by atoms with van der Waals surface area (Å²) in [6.07, 6.45) is 3.14. The van der Waals surface area contributed by atoms with Gasteiger partial charge in [0, 0.05) is 9.84 Å². The Morgan fingerprint density at radius 2 is 2.15 bits per heavy atom. The maximum absolute atomic E-state index is 4.97. The highest BCUT2D eigenvalue weighted by molar-refractivity contribution is 9.10. The van der Waals surface area contributed by atoms with Crippen molar-refractivity contribution in [2.45, 2.75) is 13.3 Å². The molecule has 68 valence electrons. The van der Waals surface area contributed by atoms with Crippen molar-refractivity contribution < 1.29 is 0 Å². The van der Waals surface area contributed by atoms with Crippen LogP contribution in [0.1, 0.15) is 18.9 Å². The summed E-state index contributed by atoms with van der Waals surface area (Å²) in [4.78, 5) is 0. The molecule has 0 atom stereocenters. The van der Waals surface area contributed by atoms with E-state index in [4.69, 9.17) is 12.2 Å². The minimum absolute atomic E-state index is 1.00. The van der Waals surface area contributed by atoms with Gasteiger partial charge in [-0.1, -0.05) is 59.3 Å². The predicted molar refractivity (Wildman–Crippen MR) is 66.1 cm³/mol. The standard InChI is InChI=1S/C11H11BrS/c1-2-5-9(8-13)10-6-3-4-7-11(10)12/h3-8H,2H2,1H3/b9-5-.